The second kappa shape index (κ2) is 7.52. The first kappa shape index (κ1) is 18.7. The standard InChI is InChI=1S/C14H10Cl2N2O4S2/c15-7-2-1-6(8(16)4-7)3-10-12(20)18(14(23)24-10)9(13(21)22)5-11(17)19/h1-4,9H,5H2,(H2,17,19)(H,21,22)/p-1/b10-3+/t9-/m0/s1. The van der Waals surface area contributed by atoms with E-state index in [0.29, 0.717) is 15.6 Å². The summed E-state index contributed by atoms with van der Waals surface area (Å²) in [6, 6.07) is 3.15. The number of hydrogen-bond acceptors (Lipinski definition) is 6. The Bertz CT molecular complexity index is 782. The Kier molecular flexibility index (Phi) is 5.87. The fourth-order valence-electron chi connectivity index (χ4n) is 1.98. The zero-order valence-corrected chi connectivity index (χ0v) is 15.0. The highest BCUT2D eigenvalue weighted by Gasteiger charge is 2.38. The van der Waals surface area contributed by atoms with E-state index in [1.807, 2.05) is 0 Å². The first-order valence-electron chi connectivity index (χ1n) is 6.42. The summed E-state index contributed by atoms with van der Waals surface area (Å²) in [6.07, 6.45) is 0.873. The second-order valence-electron chi connectivity index (χ2n) is 4.72. The van der Waals surface area contributed by atoms with Gasteiger partial charge in [0.05, 0.1) is 23.3 Å². The molecule has 0 aliphatic carbocycles. The van der Waals surface area contributed by atoms with E-state index in [0.717, 1.165) is 16.7 Å². The summed E-state index contributed by atoms with van der Waals surface area (Å²) in [7, 11) is 0. The average molecular weight is 404 g/mol. The lowest BCUT2D eigenvalue weighted by molar-refractivity contribution is -0.310. The van der Waals surface area contributed by atoms with Gasteiger partial charge in [-0.3, -0.25) is 14.5 Å². The first-order chi connectivity index (χ1) is 11.2. The fourth-order valence-corrected chi connectivity index (χ4v) is 3.79. The number of carboxylic acid groups (broad SMARTS) is 1. The monoisotopic (exact) mass is 403 g/mol. The van der Waals surface area contributed by atoms with Crippen molar-refractivity contribution >= 4 is 75.4 Å². The maximum Gasteiger partial charge on any atom is 0.266 e. The fraction of sp³-hybridized carbons (Fsp3) is 0.143. The third kappa shape index (κ3) is 4.07. The van der Waals surface area contributed by atoms with Crippen molar-refractivity contribution in [3.63, 3.8) is 0 Å². The molecule has 6 nitrogen and oxygen atoms in total. The molecular weight excluding hydrogens is 395 g/mol. The van der Waals surface area contributed by atoms with Gasteiger partial charge in [0.1, 0.15) is 4.32 Å². The summed E-state index contributed by atoms with van der Waals surface area (Å²) in [5.41, 5.74) is 5.53. The van der Waals surface area contributed by atoms with Crippen molar-refractivity contribution in [2.24, 2.45) is 5.73 Å². The van der Waals surface area contributed by atoms with Crippen molar-refractivity contribution in [3.05, 3.63) is 38.7 Å². The highest BCUT2D eigenvalue weighted by Crippen LogP contribution is 2.35. The number of amides is 2. The third-order valence-corrected chi connectivity index (χ3v) is 4.94. The molecule has 126 valence electrons. The van der Waals surface area contributed by atoms with Gasteiger partial charge in [0.15, 0.2) is 0 Å². The highest BCUT2D eigenvalue weighted by molar-refractivity contribution is 8.26. The number of thiocarbonyl (C=S) groups is 1. The van der Waals surface area contributed by atoms with Crippen LogP contribution in [0.25, 0.3) is 6.08 Å². The Morgan fingerprint density at radius 3 is 2.62 bits per heavy atom. The molecule has 1 aliphatic rings. The molecule has 0 radical (unpaired) electrons. The largest absolute Gasteiger partial charge is 0.548 e. The smallest absolute Gasteiger partial charge is 0.266 e. The predicted octanol–water partition coefficient (Wildman–Crippen LogP) is 1.19. The van der Waals surface area contributed by atoms with Gasteiger partial charge in [-0.05, 0) is 23.8 Å². The maximum absolute atomic E-state index is 12.5. The Morgan fingerprint density at radius 2 is 2.08 bits per heavy atom. The molecule has 0 spiro atoms. The molecule has 24 heavy (non-hydrogen) atoms. The van der Waals surface area contributed by atoms with Gasteiger partial charge in [0.25, 0.3) is 5.91 Å². The van der Waals surface area contributed by atoms with Crippen molar-refractivity contribution in [1.29, 1.82) is 0 Å². The number of nitrogens with zero attached hydrogens (tertiary/aromatic N) is 1. The van der Waals surface area contributed by atoms with Crippen molar-refractivity contribution in [1.82, 2.24) is 4.90 Å². The van der Waals surface area contributed by atoms with Gasteiger partial charge in [-0.1, -0.05) is 53.2 Å². The van der Waals surface area contributed by atoms with Crippen LogP contribution in [0.1, 0.15) is 12.0 Å². The number of carbonyl (C=O) groups excluding carboxylic acids is 3. The van der Waals surface area contributed by atoms with Crippen LogP contribution in [0.3, 0.4) is 0 Å². The molecule has 0 saturated carbocycles. The van der Waals surface area contributed by atoms with Gasteiger partial charge in [-0.15, -0.1) is 0 Å². The van der Waals surface area contributed by atoms with Crippen LogP contribution in [-0.4, -0.2) is 33.0 Å². The summed E-state index contributed by atoms with van der Waals surface area (Å²) in [5.74, 6) is -3.16. The highest BCUT2D eigenvalue weighted by atomic mass is 35.5. The molecule has 0 bridgehead atoms. The lowest BCUT2D eigenvalue weighted by Crippen LogP contribution is -2.51. The van der Waals surface area contributed by atoms with Crippen LogP contribution >= 0.6 is 47.2 Å². The lowest BCUT2D eigenvalue weighted by Gasteiger charge is -2.26. The normalized spacial score (nSPS) is 17.4. The van der Waals surface area contributed by atoms with Crippen LogP contribution in [0, 0.1) is 0 Å². The van der Waals surface area contributed by atoms with Crippen molar-refractivity contribution < 1.29 is 19.5 Å². The summed E-state index contributed by atoms with van der Waals surface area (Å²) >= 11 is 17.8. The Morgan fingerprint density at radius 1 is 1.42 bits per heavy atom. The van der Waals surface area contributed by atoms with Crippen LogP contribution < -0.4 is 10.8 Å². The lowest BCUT2D eigenvalue weighted by atomic mass is 10.1. The molecule has 1 aliphatic heterocycles. The van der Waals surface area contributed by atoms with Crippen LogP contribution in [0.5, 0.6) is 0 Å². The number of carbonyl (C=O) groups is 3. The maximum atomic E-state index is 12.5. The minimum Gasteiger partial charge on any atom is -0.548 e. The second-order valence-corrected chi connectivity index (χ2v) is 7.24. The Labute approximate surface area is 156 Å². The van der Waals surface area contributed by atoms with Crippen LogP contribution in [-0.2, 0) is 14.4 Å². The molecule has 1 fully saturated rings. The van der Waals surface area contributed by atoms with Crippen LogP contribution in [0.2, 0.25) is 10.0 Å². The minimum atomic E-state index is -1.61. The number of rotatable bonds is 5. The van der Waals surface area contributed by atoms with Crippen molar-refractivity contribution in [2.45, 2.75) is 12.5 Å². The van der Waals surface area contributed by atoms with E-state index >= 15 is 0 Å². The van der Waals surface area contributed by atoms with Crippen molar-refractivity contribution in [3.8, 4) is 0 Å². The van der Waals surface area contributed by atoms with E-state index in [1.165, 1.54) is 12.1 Å². The molecule has 0 aromatic heterocycles. The molecule has 2 rings (SSSR count). The number of carboxylic acids is 1. The summed E-state index contributed by atoms with van der Waals surface area (Å²) < 4.78 is -0.00761. The summed E-state index contributed by atoms with van der Waals surface area (Å²) in [6.45, 7) is 0. The average Bonchev–Trinajstić information content (AvgIpc) is 2.74. The SMILES string of the molecule is NC(=O)C[C@@H](C(=O)[O-])N1C(=O)/C(=C\c2ccc(Cl)cc2Cl)SC1=S. The van der Waals surface area contributed by atoms with E-state index in [9.17, 15) is 19.5 Å². The van der Waals surface area contributed by atoms with Gasteiger partial charge in [-0.2, -0.15) is 0 Å². The number of halogens is 2. The first-order valence-corrected chi connectivity index (χ1v) is 8.40. The molecule has 1 aromatic carbocycles. The van der Waals surface area contributed by atoms with Gasteiger partial charge in [0, 0.05) is 10.0 Å². The molecule has 1 atom stereocenters. The Balaban J connectivity index is 2.35. The molecule has 10 heteroatoms. The van der Waals surface area contributed by atoms with Gasteiger partial charge in [0.2, 0.25) is 5.91 Å². The number of aliphatic carboxylic acids is 1. The predicted molar refractivity (Wildman–Crippen MR) is 94.1 cm³/mol. The zero-order chi connectivity index (χ0) is 18.0. The van der Waals surface area contributed by atoms with Gasteiger partial charge < -0.3 is 15.6 Å². The van der Waals surface area contributed by atoms with E-state index in [2.05, 4.69) is 0 Å². The molecular formula is C14H9Cl2N2O4S2-. The van der Waals surface area contributed by atoms with E-state index in [4.69, 9.17) is 41.2 Å². The summed E-state index contributed by atoms with van der Waals surface area (Å²) in [5, 5.41) is 12.0. The number of nitrogens with two attached hydrogens (primary N) is 1. The molecule has 2 amide bonds. The molecule has 0 unspecified atom stereocenters. The van der Waals surface area contributed by atoms with E-state index in [-0.39, 0.29) is 9.23 Å². The summed E-state index contributed by atoms with van der Waals surface area (Å²) in [4.78, 5) is 35.7. The van der Waals surface area contributed by atoms with Crippen molar-refractivity contribution in [2.75, 3.05) is 0 Å². The van der Waals surface area contributed by atoms with E-state index < -0.39 is 30.2 Å². The molecule has 2 N–H and O–H groups in total. The number of primary amides is 1. The van der Waals surface area contributed by atoms with Crippen LogP contribution in [0.4, 0.5) is 0 Å². The molecule has 1 saturated heterocycles. The van der Waals surface area contributed by atoms with Gasteiger partial charge >= 0.3 is 0 Å². The topological polar surface area (TPSA) is 104 Å². The Hall–Kier alpha value is -1.61. The van der Waals surface area contributed by atoms with E-state index in [1.54, 1.807) is 12.1 Å². The minimum absolute atomic E-state index is 0.00761. The third-order valence-electron chi connectivity index (χ3n) is 3.05. The molecule has 1 heterocycles. The van der Waals surface area contributed by atoms with Gasteiger partial charge in [-0.25, -0.2) is 0 Å². The number of benzene rings is 1. The molecule has 1 aromatic rings. The number of thioether (sulfide) groups is 1. The van der Waals surface area contributed by atoms with Crippen LogP contribution in [0.15, 0.2) is 23.1 Å². The quantitative estimate of drug-likeness (QED) is 0.584. The number of hydrogen-bond donors (Lipinski definition) is 1. The zero-order valence-electron chi connectivity index (χ0n) is 11.8.